The van der Waals surface area contributed by atoms with Gasteiger partial charge in [0.05, 0.1) is 6.10 Å². The number of aryl methyl sites for hydroxylation is 2. The van der Waals surface area contributed by atoms with Crippen LogP contribution in [0.3, 0.4) is 0 Å². The molecule has 94 valence electrons. The Bertz CT molecular complexity index is 547. The Morgan fingerprint density at radius 1 is 1.00 bits per heavy atom. The quantitative estimate of drug-likeness (QED) is 0.867. The van der Waals surface area contributed by atoms with Crippen LogP contribution in [0, 0.1) is 13.8 Å². The van der Waals surface area contributed by atoms with Crippen LogP contribution in [0.15, 0.2) is 42.5 Å². The lowest BCUT2D eigenvalue weighted by molar-refractivity contribution is 0.178. The van der Waals surface area contributed by atoms with E-state index in [1.807, 2.05) is 31.2 Å². The summed E-state index contributed by atoms with van der Waals surface area (Å²) in [5, 5.41) is 19.6. The molecule has 0 aliphatic rings. The topological polar surface area (TPSA) is 40.5 Å². The van der Waals surface area contributed by atoms with Gasteiger partial charge in [-0.1, -0.05) is 30.3 Å². The molecule has 2 rings (SSSR count). The molecular formula is C16H18O2. The normalized spacial score (nSPS) is 12.4. The summed E-state index contributed by atoms with van der Waals surface area (Å²) in [5.41, 5.74) is 4.26. The van der Waals surface area contributed by atoms with Gasteiger partial charge in [-0.25, -0.2) is 0 Å². The number of hydrogen-bond donors (Lipinski definition) is 2. The van der Waals surface area contributed by atoms with Crippen LogP contribution in [0.25, 0.3) is 0 Å². The van der Waals surface area contributed by atoms with E-state index < -0.39 is 6.10 Å². The van der Waals surface area contributed by atoms with Crippen LogP contribution in [0.5, 0.6) is 5.75 Å². The Morgan fingerprint density at radius 2 is 1.78 bits per heavy atom. The fourth-order valence-electron chi connectivity index (χ4n) is 2.00. The van der Waals surface area contributed by atoms with Crippen LogP contribution in [0.2, 0.25) is 0 Å². The van der Waals surface area contributed by atoms with Crippen molar-refractivity contribution in [3.8, 4) is 5.75 Å². The maximum atomic E-state index is 10.2. The van der Waals surface area contributed by atoms with E-state index >= 15 is 0 Å². The van der Waals surface area contributed by atoms with Gasteiger partial charge >= 0.3 is 0 Å². The Labute approximate surface area is 108 Å². The highest BCUT2D eigenvalue weighted by molar-refractivity contribution is 5.33. The van der Waals surface area contributed by atoms with Crippen molar-refractivity contribution in [3.63, 3.8) is 0 Å². The van der Waals surface area contributed by atoms with Crippen LogP contribution < -0.4 is 0 Å². The highest BCUT2D eigenvalue weighted by atomic mass is 16.3. The number of phenols is 1. The van der Waals surface area contributed by atoms with Crippen molar-refractivity contribution in [1.29, 1.82) is 0 Å². The second-order valence-electron chi connectivity index (χ2n) is 4.73. The number of benzene rings is 2. The van der Waals surface area contributed by atoms with Crippen LogP contribution in [0.1, 0.15) is 28.4 Å². The number of aliphatic hydroxyl groups excluding tert-OH is 1. The minimum absolute atomic E-state index is 0.236. The van der Waals surface area contributed by atoms with Gasteiger partial charge < -0.3 is 10.2 Å². The molecule has 0 spiro atoms. The molecule has 0 aromatic heterocycles. The van der Waals surface area contributed by atoms with Crippen molar-refractivity contribution < 1.29 is 10.2 Å². The monoisotopic (exact) mass is 242 g/mol. The first kappa shape index (κ1) is 12.7. The third kappa shape index (κ3) is 2.90. The summed E-state index contributed by atoms with van der Waals surface area (Å²) in [5.74, 6) is 0.236. The van der Waals surface area contributed by atoms with Gasteiger partial charge in [0.1, 0.15) is 5.75 Å². The molecule has 1 unspecified atom stereocenters. The largest absolute Gasteiger partial charge is 0.508 e. The molecular weight excluding hydrogens is 224 g/mol. The van der Waals surface area contributed by atoms with Gasteiger partial charge in [-0.3, -0.25) is 0 Å². The number of rotatable bonds is 3. The van der Waals surface area contributed by atoms with Gasteiger partial charge in [-0.15, -0.1) is 0 Å². The lowest BCUT2D eigenvalue weighted by Gasteiger charge is -2.13. The molecule has 0 saturated heterocycles. The SMILES string of the molecule is Cc1ccc(C(O)Cc2cccc(O)c2)cc1C. The van der Waals surface area contributed by atoms with E-state index in [1.54, 1.807) is 18.2 Å². The number of aromatic hydroxyl groups is 1. The van der Waals surface area contributed by atoms with E-state index in [2.05, 4.69) is 6.92 Å². The van der Waals surface area contributed by atoms with E-state index in [4.69, 9.17) is 0 Å². The number of aliphatic hydroxyl groups is 1. The van der Waals surface area contributed by atoms with Crippen molar-refractivity contribution in [2.45, 2.75) is 26.4 Å². The average Bonchev–Trinajstić information content (AvgIpc) is 2.32. The first-order valence-corrected chi connectivity index (χ1v) is 6.09. The summed E-state index contributed by atoms with van der Waals surface area (Å²) in [6.07, 6.45) is -0.0252. The average molecular weight is 242 g/mol. The molecule has 2 nitrogen and oxygen atoms in total. The maximum absolute atomic E-state index is 10.2. The van der Waals surface area contributed by atoms with E-state index in [9.17, 15) is 10.2 Å². The third-order valence-corrected chi connectivity index (χ3v) is 3.26. The number of phenolic OH excluding ortho intramolecular Hbond substituents is 1. The van der Waals surface area contributed by atoms with Crippen LogP contribution >= 0.6 is 0 Å². The van der Waals surface area contributed by atoms with Crippen LogP contribution in [-0.4, -0.2) is 10.2 Å². The maximum Gasteiger partial charge on any atom is 0.115 e. The third-order valence-electron chi connectivity index (χ3n) is 3.26. The predicted octanol–water partition coefficient (Wildman–Crippen LogP) is 3.29. The molecule has 2 aromatic carbocycles. The van der Waals surface area contributed by atoms with Gasteiger partial charge in [-0.05, 0) is 48.2 Å². The Kier molecular flexibility index (Phi) is 3.68. The minimum Gasteiger partial charge on any atom is -0.508 e. The molecule has 0 bridgehead atoms. The smallest absolute Gasteiger partial charge is 0.115 e. The van der Waals surface area contributed by atoms with Crippen molar-refractivity contribution in [2.75, 3.05) is 0 Å². The highest BCUT2D eigenvalue weighted by Crippen LogP contribution is 2.22. The second-order valence-corrected chi connectivity index (χ2v) is 4.73. The highest BCUT2D eigenvalue weighted by Gasteiger charge is 2.09. The predicted molar refractivity (Wildman–Crippen MR) is 72.7 cm³/mol. The molecule has 2 N–H and O–H groups in total. The summed E-state index contributed by atoms with van der Waals surface area (Å²) in [6.45, 7) is 4.10. The number of hydrogen-bond acceptors (Lipinski definition) is 2. The van der Waals surface area contributed by atoms with Gasteiger partial charge in [-0.2, -0.15) is 0 Å². The molecule has 0 saturated carbocycles. The van der Waals surface area contributed by atoms with Crippen molar-refractivity contribution in [2.24, 2.45) is 0 Å². The molecule has 0 amide bonds. The zero-order valence-electron chi connectivity index (χ0n) is 10.7. The van der Waals surface area contributed by atoms with Gasteiger partial charge in [0.2, 0.25) is 0 Å². The van der Waals surface area contributed by atoms with E-state index in [-0.39, 0.29) is 5.75 Å². The summed E-state index contributed by atoms with van der Waals surface area (Å²) in [4.78, 5) is 0. The Hall–Kier alpha value is -1.80. The molecule has 18 heavy (non-hydrogen) atoms. The zero-order chi connectivity index (χ0) is 13.1. The molecule has 0 fully saturated rings. The van der Waals surface area contributed by atoms with Crippen molar-refractivity contribution in [3.05, 3.63) is 64.7 Å². The fourth-order valence-corrected chi connectivity index (χ4v) is 2.00. The Balaban J connectivity index is 2.16. The van der Waals surface area contributed by atoms with E-state index in [0.717, 1.165) is 11.1 Å². The van der Waals surface area contributed by atoms with Crippen molar-refractivity contribution in [1.82, 2.24) is 0 Å². The summed E-state index contributed by atoms with van der Waals surface area (Å²) >= 11 is 0. The molecule has 0 aliphatic carbocycles. The molecule has 2 aromatic rings. The lowest BCUT2D eigenvalue weighted by Crippen LogP contribution is -2.02. The van der Waals surface area contributed by atoms with Crippen LogP contribution in [-0.2, 0) is 6.42 Å². The molecule has 0 radical (unpaired) electrons. The lowest BCUT2D eigenvalue weighted by atomic mass is 9.98. The first-order valence-electron chi connectivity index (χ1n) is 6.09. The summed E-state index contributed by atoms with van der Waals surface area (Å²) in [6, 6.07) is 13.0. The molecule has 1 atom stereocenters. The van der Waals surface area contributed by atoms with Crippen molar-refractivity contribution >= 4 is 0 Å². The van der Waals surface area contributed by atoms with Crippen LogP contribution in [0.4, 0.5) is 0 Å². The molecule has 0 aliphatic heterocycles. The zero-order valence-corrected chi connectivity index (χ0v) is 10.7. The minimum atomic E-state index is -0.536. The molecule has 0 heterocycles. The molecule has 2 heteroatoms. The van der Waals surface area contributed by atoms with Gasteiger partial charge in [0, 0.05) is 6.42 Å². The van der Waals surface area contributed by atoms with Gasteiger partial charge in [0.15, 0.2) is 0 Å². The van der Waals surface area contributed by atoms with E-state index in [1.165, 1.54) is 11.1 Å². The van der Waals surface area contributed by atoms with E-state index in [0.29, 0.717) is 6.42 Å². The van der Waals surface area contributed by atoms with Gasteiger partial charge in [0.25, 0.3) is 0 Å². The summed E-state index contributed by atoms with van der Waals surface area (Å²) < 4.78 is 0. The standard InChI is InChI=1S/C16H18O2/c1-11-6-7-14(8-12(11)2)16(18)10-13-4-3-5-15(17)9-13/h3-9,16-18H,10H2,1-2H3. The fraction of sp³-hybridized carbons (Fsp3) is 0.250. The Morgan fingerprint density at radius 3 is 2.44 bits per heavy atom. The summed E-state index contributed by atoms with van der Waals surface area (Å²) in [7, 11) is 0. The second kappa shape index (κ2) is 5.23. The first-order chi connectivity index (χ1) is 8.56.